The van der Waals surface area contributed by atoms with Crippen LogP contribution in [-0.2, 0) is 53.9 Å². The molecule has 6 heterocycles. The molecule has 0 radical (unpaired) electrons. The molecule has 2 saturated heterocycles. The van der Waals surface area contributed by atoms with Gasteiger partial charge in [-0.05, 0) is 135 Å². The van der Waals surface area contributed by atoms with E-state index in [1.807, 2.05) is 0 Å². The number of sulfonamides is 1. The molecule has 6 aromatic rings. The number of rotatable bonds is 13. The summed E-state index contributed by atoms with van der Waals surface area (Å²) in [5.74, 6) is -0.302. The summed E-state index contributed by atoms with van der Waals surface area (Å²) in [5.41, 5.74) is 0.913. The van der Waals surface area contributed by atoms with Gasteiger partial charge in [-0.15, -0.1) is 12.4 Å². The zero-order valence-corrected chi connectivity index (χ0v) is 41.4. The van der Waals surface area contributed by atoms with Crippen molar-refractivity contribution in [1.29, 1.82) is 0 Å². The van der Waals surface area contributed by atoms with Gasteiger partial charge < -0.3 is 5.32 Å². The van der Waals surface area contributed by atoms with Crippen molar-refractivity contribution in [3.8, 4) is 22.5 Å². The maximum atomic E-state index is 13.3. The molecule has 4 aliphatic rings. The van der Waals surface area contributed by atoms with Crippen molar-refractivity contribution in [2.75, 3.05) is 0 Å². The average Bonchev–Trinajstić information content (AvgIpc) is 4.21. The minimum Gasteiger partial charge on any atom is -0.304 e. The average molecular weight is 1110 g/mol. The summed E-state index contributed by atoms with van der Waals surface area (Å²) in [7, 11) is -2.72. The predicted molar refractivity (Wildman–Crippen MR) is 253 cm³/mol. The number of fused-ring (bicyclic) bond motifs is 2. The van der Waals surface area contributed by atoms with E-state index < -0.39 is 60.5 Å². The first kappa shape index (κ1) is 55.8. The second kappa shape index (κ2) is 22.5. The summed E-state index contributed by atoms with van der Waals surface area (Å²) in [6.45, 7) is 0. The van der Waals surface area contributed by atoms with Gasteiger partial charge in [0.15, 0.2) is 5.78 Å². The Bertz CT molecular complexity index is 3190. The Morgan fingerprint density at radius 2 is 1.09 bits per heavy atom. The maximum absolute atomic E-state index is 13.3. The highest BCUT2D eigenvalue weighted by atomic mass is 35.7. The van der Waals surface area contributed by atoms with Gasteiger partial charge in [0.2, 0.25) is 10.0 Å². The summed E-state index contributed by atoms with van der Waals surface area (Å²) in [5, 5.41) is 3.34. The Hall–Kier alpha value is -5.92. The molecule has 6 atom stereocenters. The summed E-state index contributed by atoms with van der Waals surface area (Å²) >= 11 is 0. The van der Waals surface area contributed by atoms with Crippen LogP contribution < -0.4 is 5.32 Å². The van der Waals surface area contributed by atoms with Gasteiger partial charge in [-0.25, -0.2) is 45.6 Å². The molecule has 0 bridgehead atoms. The van der Waals surface area contributed by atoms with Crippen molar-refractivity contribution in [3.05, 3.63) is 144 Å². The van der Waals surface area contributed by atoms with Crippen LogP contribution in [0.2, 0.25) is 0 Å². The zero-order chi connectivity index (χ0) is 52.5. The largest absolute Gasteiger partial charge is 0.433 e. The third-order valence-electron chi connectivity index (χ3n) is 12.6. The number of benzene rings is 2. The first-order valence-electron chi connectivity index (χ1n) is 22.4. The molecule has 10 rings (SSSR count). The Morgan fingerprint density at radius 3 is 1.53 bits per heavy atom. The normalized spacial score (nSPS) is 20.9. The van der Waals surface area contributed by atoms with Crippen LogP contribution in [0.25, 0.3) is 22.5 Å². The van der Waals surface area contributed by atoms with E-state index in [0.29, 0.717) is 71.5 Å². The van der Waals surface area contributed by atoms with Gasteiger partial charge in [-0.2, -0.15) is 30.6 Å². The smallest absolute Gasteiger partial charge is 0.304 e. The number of Topliss-reactive ketones (excluding diaryl/α,β-unsaturated/α-hetero) is 2. The van der Waals surface area contributed by atoms with Gasteiger partial charge in [-0.1, -0.05) is 0 Å². The lowest BCUT2D eigenvalue weighted by molar-refractivity contribution is -0.141. The molecule has 392 valence electrons. The number of pyridine rings is 2. The van der Waals surface area contributed by atoms with Crippen LogP contribution in [0.15, 0.2) is 120 Å². The first-order chi connectivity index (χ1) is 34.4. The van der Waals surface area contributed by atoms with Crippen molar-refractivity contribution < 1.29 is 61.5 Å². The van der Waals surface area contributed by atoms with Crippen molar-refractivity contribution in [2.24, 2.45) is 11.8 Å². The molecule has 2 aromatic carbocycles. The number of carbonyl (C=O) groups is 2. The van der Waals surface area contributed by atoms with E-state index in [9.17, 15) is 61.5 Å². The van der Waals surface area contributed by atoms with E-state index in [1.165, 1.54) is 47.6 Å². The minimum absolute atomic E-state index is 0. The molecule has 0 spiro atoms. The Balaban J connectivity index is 0.000000183. The molecule has 0 unspecified atom stereocenters. The highest BCUT2D eigenvalue weighted by molar-refractivity contribution is 8.13. The molecule has 74 heavy (non-hydrogen) atoms. The van der Waals surface area contributed by atoms with Crippen LogP contribution in [0.1, 0.15) is 61.3 Å². The summed E-state index contributed by atoms with van der Waals surface area (Å²) in [6, 6.07) is 15.9. The van der Waals surface area contributed by atoms with Crippen molar-refractivity contribution in [3.63, 3.8) is 0 Å². The van der Waals surface area contributed by atoms with Crippen molar-refractivity contribution in [2.45, 2.75) is 97.7 Å². The number of alkyl halides is 6. The number of aryl methyl sites for hydroxylation is 2. The molecule has 14 nitrogen and oxygen atoms in total. The molecule has 1 N–H and O–H groups in total. The van der Waals surface area contributed by atoms with Crippen molar-refractivity contribution >= 4 is 53.7 Å². The number of nitrogens with one attached hydrogen (secondary N) is 1. The summed E-state index contributed by atoms with van der Waals surface area (Å²) in [4.78, 5) is 48.5. The molecule has 4 fully saturated rings. The Labute approximate surface area is 429 Å². The standard InChI is InChI=1S/C24H20F4N4O3S.C18H17F3N4O.C6H4ClFO2S.ClH/c25-16-2-5-18(6-3-16)36(34,35)32-20-9-15(20)10-21(32)22(33)7-4-17-11-19(31-13-30-17)14-1-8-23(29-12-14)24(26,27)28;19-18(20,21)17-4-1-10(8-22-17)13-7-12(23-9-24-13)2-3-16(26)15-6-11-5-14(11)25-15;7-11(9,10)6-3-1-5(8)2-4-6;/h1-3,5-6,8,11-13,15,20-21H,4,7,9-10H2;1,4,7-9,11,14-15,25H,2-3,5-6H2;1-4H;1H/t15-,20-,21+;11-,14-,15+;;/m11../s1. The molecule has 2 saturated carbocycles. The fourth-order valence-electron chi connectivity index (χ4n) is 8.58. The number of aromatic nitrogens is 6. The van der Waals surface area contributed by atoms with Gasteiger partial charge >= 0.3 is 12.4 Å². The number of carbonyl (C=O) groups excluding carboxylic acids is 2. The van der Waals surface area contributed by atoms with Crippen LogP contribution >= 0.6 is 23.1 Å². The van der Waals surface area contributed by atoms with E-state index >= 15 is 0 Å². The Morgan fingerprint density at radius 1 is 0.608 bits per heavy atom. The lowest BCUT2D eigenvalue weighted by Gasteiger charge is -2.26. The van der Waals surface area contributed by atoms with E-state index in [2.05, 4.69) is 35.2 Å². The fraction of sp³-hybridized carbons (Fsp3) is 0.333. The summed E-state index contributed by atoms with van der Waals surface area (Å²) < 4.78 is 150. The van der Waals surface area contributed by atoms with Crippen LogP contribution in [0.5, 0.6) is 0 Å². The molecule has 4 aromatic heterocycles. The minimum atomic E-state index is -4.55. The fourth-order valence-corrected chi connectivity index (χ4v) is 11.2. The number of piperidine rings is 2. The molecule has 0 amide bonds. The van der Waals surface area contributed by atoms with Gasteiger partial charge in [0.05, 0.1) is 33.3 Å². The van der Waals surface area contributed by atoms with Gasteiger partial charge in [-0.3, -0.25) is 19.6 Å². The van der Waals surface area contributed by atoms with Gasteiger partial charge in [0.25, 0.3) is 9.05 Å². The molecular formula is C48H42Cl2F8N8O6S2. The SMILES string of the molecule is Cl.O=C(CCc1cc(-c2ccc(C(F)(F)F)nc2)ncn1)[C@@H]1C[C@H]2C[C@H]2N1.O=C(CCc1cc(-c2ccc(C(F)(F)F)nc2)ncn1)[C@@H]1C[C@H]2C[C@H]2N1S(=O)(=O)c1ccc(F)cc1.O=S(=O)(Cl)c1ccc(F)cc1. The third-order valence-corrected chi connectivity index (χ3v) is 15.9. The van der Waals surface area contributed by atoms with E-state index in [0.717, 1.165) is 67.3 Å². The monoisotopic (exact) mass is 1110 g/mol. The summed E-state index contributed by atoms with van der Waals surface area (Å²) in [6.07, 6.45) is 0.164. The topological polar surface area (TPSA) is 195 Å². The van der Waals surface area contributed by atoms with Gasteiger partial charge in [0, 0.05) is 70.5 Å². The number of halogens is 10. The number of hydrogen-bond donors (Lipinski definition) is 1. The lowest BCUT2D eigenvalue weighted by atomic mass is 10.0. The lowest BCUT2D eigenvalue weighted by Crippen LogP contribution is -2.43. The van der Waals surface area contributed by atoms with E-state index in [-0.39, 0.29) is 64.6 Å². The second-order valence-corrected chi connectivity index (χ2v) is 22.0. The maximum Gasteiger partial charge on any atom is 0.433 e. The predicted octanol–water partition coefficient (Wildman–Crippen LogP) is 9.03. The number of hydrogen-bond acceptors (Lipinski definition) is 13. The van der Waals surface area contributed by atoms with E-state index in [1.54, 1.807) is 12.1 Å². The Kier molecular flexibility index (Phi) is 17.0. The van der Waals surface area contributed by atoms with Crippen molar-refractivity contribution in [1.82, 2.24) is 39.5 Å². The van der Waals surface area contributed by atoms with Crippen LogP contribution in [0, 0.1) is 23.5 Å². The molecule has 2 aliphatic carbocycles. The molecular weight excluding hydrogens is 1070 g/mol. The van der Waals surface area contributed by atoms with Crippen LogP contribution in [-0.4, -0.2) is 86.8 Å². The highest BCUT2D eigenvalue weighted by Gasteiger charge is 2.58. The van der Waals surface area contributed by atoms with Gasteiger partial charge in [0.1, 0.15) is 41.5 Å². The van der Waals surface area contributed by atoms with Crippen LogP contribution in [0.3, 0.4) is 0 Å². The molecule has 26 heteroatoms. The quantitative estimate of drug-likeness (QED) is 0.0851. The first-order valence-corrected chi connectivity index (χ1v) is 26.2. The van der Waals surface area contributed by atoms with Crippen LogP contribution in [0.4, 0.5) is 35.1 Å². The van der Waals surface area contributed by atoms with E-state index in [4.69, 9.17) is 10.7 Å². The highest BCUT2D eigenvalue weighted by Crippen LogP contribution is 2.51. The second-order valence-electron chi connectivity index (χ2n) is 17.6. The number of nitrogens with zero attached hydrogens (tertiary/aromatic N) is 7. The zero-order valence-electron chi connectivity index (χ0n) is 38.2. The number of ketones is 2. The third kappa shape index (κ3) is 13.9. The molecule has 2 aliphatic heterocycles.